The minimum Gasteiger partial charge on any atom is -0.395 e. The lowest BCUT2D eigenvalue weighted by Crippen LogP contribution is -2.13. The topological polar surface area (TPSA) is 96.1 Å². The van der Waals surface area contributed by atoms with Gasteiger partial charge in [0.1, 0.15) is 10.6 Å². The molecule has 0 spiro atoms. The van der Waals surface area contributed by atoms with Crippen LogP contribution in [0.4, 0.5) is 11.8 Å². The number of aliphatic hydroxyl groups excluding tert-OH is 1. The van der Waals surface area contributed by atoms with Crippen LogP contribution < -0.4 is 16.6 Å². The summed E-state index contributed by atoms with van der Waals surface area (Å²) in [6.07, 6.45) is 0. The number of nitrogens with two attached hydrogens (primary N) is 1. The van der Waals surface area contributed by atoms with Crippen molar-refractivity contribution in [1.82, 2.24) is 9.97 Å². The van der Waals surface area contributed by atoms with E-state index < -0.39 is 0 Å². The normalized spacial score (nSPS) is 10.7. The van der Waals surface area contributed by atoms with Crippen LogP contribution in [0.3, 0.4) is 0 Å². The second kappa shape index (κ2) is 4.60. The molecule has 6 nitrogen and oxygen atoms in total. The van der Waals surface area contributed by atoms with Gasteiger partial charge in [0.25, 0.3) is 0 Å². The first kappa shape index (κ1) is 11.1. The molecule has 0 amide bonds. The van der Waals surface area contributed by atoms with Crippen molar-refractivity contribution in [2.45, 2.75) is 6.92 Å². The zero-order chi connectivity index (χ0) is 11.5. The number of hydrogen-bond acceptors (Lipinski definition) is 7. The van der Waals surface area contributed by atoms with Gasteiger partial charge < -0.3 is 10.4 Å². The van der Waals surface area contributed by atoms with Crippen molar-refractivity contribution < 1.29 is 5.11 Å². The van der Waals surface area contributed by atoms with Crippen LogP contribution in [0.2, 0.25) is 0 Å². The molecular formula is C9H13N5OS. The second-order valence-corrected chi connectivity index (χ2v) is 4.50. The van der Waals surface area contributed by atoms with E-state index in [-0.39, 0.29) is 6.61 Å². The highest BCUT2D eigenvalue weighted by atomic mass is 32.1. The number of nitrogen functional groups attached to an aromatic ring is 1. The van der Waals surface area contributed by atoms with Crippen LogP contribution in [0.25, 0.3) is 10.2 Å². The number of nitrogens with zero attached hydrogens (tertiary/aromatic N) is 2. The molecule has 0 unspecified atom stereocenters. The van der Waals surface area contributed by atoms with E-state index in [1.54, 1.807) is 11.3 Å². The summed E-state index contributed by atoms with van der Waals surface area (Å²) in [5.74, 6) is 6.36. The molecule has 0 atom stereocenters. The Labute approximate surface area is 96.5 Å². The van der Waals surface area contributed by atoms with Crippen LogP contribution in [0, 0.1) is 6.92 Å². The van der Waals surface area contributed by atoms with Gasteiger partial charge in [-0.25, -0.2) is 10.8 Å². The van der Waals surface area contributed by atoms with E-state index in [0.29, 0.717) is 18.3 Å². The molecule has 2 heterocycles. The van der Waals surface area contributed by atoms with Crippen molar-refractivity contribution in [3.8, 4) is 0 Å². The zero-order valence-electron chi connectivity index (χ0n) is 8.82. The minimum atomic E-state index is 0.0556. The molecule has 5 N–H and O–H groups in total. The highest BCUT2D eigenvalue weighted by Crippen LogP contribution is 2.29. The van der Waals surface area contributed by atoms with Crippen molar-refractivity contribution in [3.63, 3.8) is 0 Å². The molecule has 16 heavy (non-hydrogen) atoms. The number of anilines is 2. The SMILES string of the molecule is Cc1cc2c(NCCO)nc(NN)nc2s1. The maximum atomic E-state index is 8.79. The van der Waals surface area contributed by atoms with E-state index in [0.717, 1.165) is 15.1 Å². The van der Waals surface area contributed by atoms with Gasteiger partial charge in [0.2, 0.25) is 5.95 Å². The summed E-state index contributed by atoms with van der Waals surface area (Å²) in [4.78, 5) is 10.5. The summed E-state index contributed by atoms with van der Waals surface area (Å²) in [5, 5.41) is 12.8. The molecule has 86 valence electrons. The summed E-state index contributed by atoms with van der Waals surface area (Å²) in [6, 6.07) is 2.01. The van der Waals surface area contributed by atoms with Crippen molar-refractivity contribution in [3.05, 3.63) is 10.9 Å². The van der Waals surface area contributed by atoms with Gasteiger partial charge in [-0.15, -0.1) is 11.3 Å². The summed E-state index contributed by atoms with van der Waals surface area (Å²) in [6.45, 7) is 2.52. The molecule has 0 saturated heterocycles. The molecule has 0 fully saturated rings. The highest BCUT2D eigenvalue weighted by molar-refractivity contribution is 7.18. The first-order valence-electron chi connectivity index (χ1n) is 4.84. The maximum Gasteiger partial charge on any atom is 0.240 e. The van der Waals surface area contributed by atoms with Gasteiger partial charge in [-0.05, 0) is 13.0 Å². The Bertz CT molecular complexity index is 498. The number of hydrazine groups is 1. The van der Waals surface area contributed by atoms with E-state index in [2.05, 4.69) is 20.7 Å². The number of rotatable bonds is 4. The lowest BCUT2D eigenvalue weighted by Gasteiger charge is -2.06. The largest absolute Gasteiger partial charge is 0.395 e. The summed E-state index contributed by atoms with van der Waals surface area (Å²) in [5.41, 5.74) is 2.43. The standard InChI is InChI=1S/C9H13N5OS/c1-5-4-6-7(11-2-3-15)12-9(14-10)13-8(6)16-5/h4,15H,2-3,10H2,1H3,(H2,11,12,13,14). The first-order chi connectivity index (χ1) is 7.74. The van der Waals surface area contributed by atoms with E-state index in [9.17, 15) is 0 Å². The van der Waals surface area contributed by atoms with Crippen molar-refractivity contribution >= 4 is 33.3 Å². The van der Waals surface area contributed by atoms with Gasteiger partial charge in [0.15, 0.2) is 0 Å². The third kappa shape index (κ3) is 2.06. The fourth-order valence-corrected chi connectivity index (χ4v) is 2.29. The molecule has 2 rings (SSSR count). The maximum absolute atomic E-state index is 8.79. The highest BCUT2D eigenvalue weighted by Gasteiger charge is 2.09. The van der Waals surface area contributed by atoms with Crippen molar-refractivity contribution in [2.75, 3.05) is 23.9 Å². The molecule has 0 bridgehead atoms. The lowest BCUT2D eigenvalue weighted by atomic mass is 10.3. The fraction of sp³-hybridized carbons (Fsp3) is 0.333. The minimum absolute atomic E-state index is 0.0556. The molecule has 0 radical (unpaired) electrons. The second-order valence-electron chi connectivity index (χ2n) is 3.27. The molecule has 7 heteroatoms. The Hall–Kier alpha value is -1.44. The summed E-state index contributed by atoms with van der Waals surface area (Å²) in [7, 11) is 0. The van der Waals surface area contributed by atoms with Crippen LogP contribution in [-0.4, -0.2) is 28.2 Å². The Morgan fingerprint density at radius 3 is 3.00 bits per heavy atom. The van der Waals surface area contributed by atoms with Gasteiger partial charge >= 0.3 is 0 Å². The number of thiophene rings is 1. The number of aromatic nitrogens is 2. The van der Waals surface area contributed by atoms with Gasteiger partial charge in [-0.3, -0.25) is 5.43 Å². The van der Waals surface area contributed by atoms with Crippen molar-refractivity contribution in [2.24, 2.45) is 5.84 Å². The Balaban J connectivity index is 2.49. The summed E-state index contributed by atoms with van der Waals surface area (Å²) >= 11 is 1.58. The third-order valence-electron chi connectivity index (χ3n) is 2.05. The predicted octanol–water partition coefficient (Wildman–Crippen LogP) is 0.690. The van der Waals surface area contributed by atoms with Crippen LogP contribution in [-0.2, 0) is 0 Å². The molecule has 0 aliphatic carbocycles. The average Bonchev–Trinajstić information content (AvgIpc) is 2.65. The number of hydrogen-bond donors (Lipinski definition) is 4. The van der Waals surface area contributed by atoms with Gasteiger partial charge in [0, 0.05) is 11.4 Å². The molecule has 2 aromatic heterocycles. The van der Waals surface area contributed by atoms with Crippen LogP contribution in [0.15, 0.2) is 6.07 Å². The van der Waals surface area contributed by atoms with E-state index in [4.69, 9.17) is 10.9 Å². The molecule has 0 saturated carbocycles. The molecule has 0 aliphatic rings. The third-order valence-corrected chi connectivity index (χ3v) is 2.99. The van der Waals surface area contributed by atoms with Gasteiger partial charge in [0.05, 0.1) is 12.0 Å². The van der Waals surface area contributed by atoms with Gasteiger partial charge in [-0.1, -0.05) is 0 Å². The Morgan fingerprint density at radius 1 is 1.50 bits per heavy atom. The first-order valence-corrected chi connectivity index (χ1v) is 5.65. The number of aliphatic hydroxyl groups is 1. The molecular weight excluding hydrogens is 226 g/mol. The number of fused-ring (bicyclic) bond motifs is 1. The van der Waals surface area contributed by atoms with E-state index in [1.807, 2.05) is 13.0 Å². The zero-order valence-corrected chi connectivity index (χ0v) is 9.64. The molecule has 0 aliphatic heterocycles. The van der Waals surface area contributed by atoms with E-state index in [1.165, 1.54) is 0 Å². The Kier molecular flexibility index (Phi) is 3.18. The number of nitrogens with one attached hydrogen (secondary N) is 2. The fourth-order valence-electron chi connectivity index (χ4n) is 1.42. The van der Waals surface area contributed by atoms with E-state index >= 15 is 0 Å². The summed E-state index contributed by atoms with van der Waals surface area (Å²) < 4.78 is 0. The average molecular weight is 239 g/mol. The Morgan fingerprint density at radius 2 is 2.31 bits per heavy atom. The number of aryl methyl sites for hydroxylation is 1. The van der Waals surface area contributed by atoms with Gasteiger partial charge in [-0.2, -0.15) is 4.98 Å². The smallest absolute Gasteiger partial charge is 0.240 e. The van der Waals surface area contributed by atoms with Crippen LogP contribution in [0.1, 0.15) is 4.88 Å². The van der Waals surface area contributed by atoms with Crippen molar-refractivity contribution in [1.29, 1.82) is 0 Å². The molecule has 0 aromatic carbocycles. The predicted molar refractivity (Wildman–Crippen MR) is 65.5 cm³/mol. The lowest BCUT2D eigenvalue weighted by molar-refractivity contribution is 0.311. The molecule has 2 aromatic rings. The quantitative estimate of drug-likeness (QED) is 0.463. The monoisotopic (exact) mass is 239 g/mol. The van der Waals surface area contributed by atoms with Crippen LogP contribution in [0.5, 0.6) is 0 Å². The van der Waals surface area contributed by atoms with Crippen LogP contribution >= 0.6 is 11.3 Å².